The van der Waals surface area contributed by atoms with E-state index in [4.69, 9.17) is 4.98 Å². The van der Waals surface area contributed by atoms with Crippen LogP contribution in [-0.2, 0) is 6.54 Å². The maximum absolute atomic E-state index is 13.2. The number of fused-ring (bicyclic) bond motifs is 1. The van der Waals surface area contributed by atoms with Crippen molar-refractivity contribution in [1.82, 2.24) is 14.5 Å². The minimum Gasteiger partial charge on any atom is -0.337 e. The molecule has 0 spiro atoms. The second-order valence-corrected chi connectivity index (χ2v) is 10.0. The molecule has 4 rings (SSSR count). The minimum atomic E-state index is -0.00485. The summed E-state index contributed by atoms with van der Waals surface area (Å²) in [4.78, 5) is 24.7. The summed E-state index contributed by atoms with van der Waals surface area (Å²) in [7, 11) is 0. The van der Waals surface area contributed by atoms with Gasteiger partial charge in [-0.2, -0.15) is 0 Å². The molecule has 0 bridgehead atoms. The van der Waals surface area contributed by atoms with Gasteiger partial charge in [-0.15, -0.1) is 11.3 Å². The molecule has 28 heavy (non-hydrogen) atoms. The van der Waals surface area contributed by atoms with Crippen LogP contribution < -0.4 is 4.90 Å². The van der Waals surface area contributed by atoms with E-state index in [2.05, 4.69) is 46.9 Å². The van der Waals surface area contributed by atoms with Gasteiger partial charge in [-0.25, -0.2) is 9.97 Å². The summed E-state index contributed by atoms with van der Waals surface area (Å²) in [5.41, 5.74) is 3.37. The van der Waals surface area contributed by atoms with Crippen LogP contribution in [0.15, 0.2) is 46.8 Å². The van der Waals surface area contributed by atoms with Crippen LogP contribution in [-0.4, -0.2) is 27.0 Å². The van der Waals surface area contributed by atoms with Crippen LogP contribution in [0.2, 0.25) is 0 Å². The zero-order valence-corrected chi connectivity index (χ0v) is 18.8. The Balaban J connectivity index is 1.65. The number of rotatable bonds is 6. The van der Waals surface area contributed by atoms with Crippen LogP contribution >= 0.6 is 38.6 Å². The molecular weight excluding hydrogens is 456 g/mol. The van der Waals surface area contributed by atoms with Crippen molar-refractivity contribution in [3.63, 3.8) is 0 Å². The Bertz CT molecular complexity index is 1120. The van der Waals surface area contributed by atoms with E-state index in [0.717, 1.165) is 32.1 Å². The number of aromatic nitrogens is 3. The number of hydrogen-bond acceptors (Lipinski definition) is 5. The number of hydrogen-bond donors (Lipinski definition) is 0. The highest BCUT2D eigenvalue weighted by atomic mass is 79.9. The lowest BCUT2D eigenvalue weighted by molar-refractivity contribution is 0.0990. The van der Waals surface area contributed by atoms with Gasteiger partial charge in [0.15, 0.2) is 5.13 Å². The van der Waals surface area contributed by atoms with Crippen molar-refractivity contribution >= 4 is 59.9 Å². The third kappa shape index (κ3) is 3.90. The summed E-state index contributed by atoms with van der Waals surface area (Å²) in [5.74, 6) is -0.00485. The molecule has 0 N–H and O–H groups in total. The van der Waals surface area contributed by atoms with Crippen molar-refractivity contribution in [2.45, 2.75) is 26.8 Å². The van der Waals surface area contributed by atoms with Crippen LogP contribution in [0.25, 0.3) is 10.2 Å². The number of thiazole rings is 1. The van der Waals surface area contributed by atoms with Gasteiger partial charge in [-0.3, -0.25) is 9.69 Å². The maximum Gasteiger partial charge on any atom is 0.270 e. The number of imidazole rings is 1. The van der Waals surface area contributed by atoms with Crippen molar-refractivity contribution in [3.8, 4) is 0 Å². The first-order valence-corrected chi connectivity index (χ1v) is 11.3. The van der Waals surface area contributed by atoms with E-state index >= 15 is 0 Å². The second-order valence-electron chi connectivity index (χ2n) is 6.57. The molecule has 0 unspecified atom stereocenters. The van der Waals surface area contributed by atoms with E-state index in [1.54, 1.807) is 23.9 Å². The first kappa shape index (κ1) is 19.3. The standard InChI is InChI=1S/C20H19BrN4OS2/c1-13-4-5-15-18(14(13)2)23-20(28-15)25(10-3-9-24-11-8-22-12-24)19(26)16-6-7-17(21)27-16/h4-8,11-12H,3,9-10H2,1-2H3. The molecule has 0 aliphatic carbocycles. The van der Waals surface area contributed by atoms with E-state index in [0.29, 0.717) is 11.4 Å². The average Bonchev–Trinajstić information content (AvgIpc) is 3.42. The van der Waals surface area contributed by atoms with Crippen LogP contribution in [0.3, 0.4) is 0 Å². The molecule has 1 amide bonds. The van der Waals surface area contributed by atoms with E-state index in [1.807, 2.05) is 27.8 Å². The Kier molecular flexibility index (Phi) is 5.61. The van der Waals surface area contributed by atoms with Crippen LogP contribution in [0.4, 0.5) is 5.13 Å². The fraction of sp³-hybridized carbons (Fsp3) is 0.250. The van der Waals surface area contributed by atoms with E-state index in [9.17, 15) is 4.79 Å². The number of aryl methyl sites for hydroxylation is 3. The van der Waals surface area contributed by atoms with Crippen LogP contribution in [0.5, 0.6) is 0 Å². The Labute approximate surface area is 179 Å². The van der Waals surface area contributed by atoms with Crippen molar-refractivity contribution in [1.29, 1.82) is 0 Å². The molecule has 3 heterocycles. The first-order chi connectivity index (χ1) is 13.5. The van der Waals surface area contributed by atoms with Gasteiger partial charge in [0.25, 0.3) is 5.91 Å². The summed E-state index contributed by atoms with van der Waals surface area (Å²) < 4.78 is 4.08. The second kappa shape index (κ2) is 8.14. The molecule has 1 aromatic carbocycles. The van der Waals surface area contributed by atoms with Crippen LogP contribution in [0.1, 0.15) is 27.2 Å². The summed E-state index contributed by atoms with van der Waals surface area (Å²) in [6.45, 7) is 5.58. The molecule has 0 radical (unpaired) electrons. The predicted molar refractivity (Wildman–Crippen MR) is 120 cm³/mol. The number of thiophene rings is 1. The average molecular weight is 475 g/mol. The van der Waals surface area contributed by atoms with Gasteiger partial charge < -0.3 is 4.57 Å². The monoisotopic (exact) mass is 474 g/mol. The molecule has 8 heteroatoms. The molecular formula is C20H19BrN4OS2. The molecule has 0 atom stereocenters. The molecule has 3 aromatic heterocycles. The smallest absolute Gasteiger partial charge is 0.270 e. The largest absolute Gasteiger partial charge is 0.337 e. The third-order valence-electron chi connectivity index (χ3n) is 4.69. The minimum absolute atomic E-state index is 0.00485. The molecule has 4 aromatic rings. The fourth-order valence-corrected chi connectivity index (χ4v) is 5.39. The highest BCUT2D eigenvalue weighted by Gasteiger charge is 2.23. The molecule has 0 aliphatic rings. The van der Waals surface area contributed by atoms with Gasteiger partial charge in [0.1, 0.15) is 0 Å². The number of amides is 1. The van der Waals surface area contributed by atoms with Gasteiger partial charge >= 0.3 is 0 Å². The maximum atomic E-state index is 13.2. The van der Waals surface area contributed by atoms with Gasteiger partial charge in [-0.05, 0) is 65.5 Å². The number of benzene rings is 1. The third-order valence-corrected chi connectivity index (χ3v) is 7.35. The zero-order valence-electron chi connectivity index (χ0n) is 15.6. The number of carbonyl (C=O) groups is 1. The summed E-state index contributed by atoms with van der Waals surface area (Å²) >= 11 is 6.48. The predicted octanol–water partition coefficient (Wildman–Crippen LogP) is 5.67. The molecule has 0 saturated carbocycles. The molecule has 0 saturated heterocycles. The van der Waals surface area contributed by atoms with E-state index in [-0.39, 0.29) is 5.91 Å². The molecule has 144 valence electrons. The Morgan fingerprint density at radius 3 is 2.79 bits per heavy atom. The summed E-state index contributed by atoms with van der Waals surface area (Å²) in [5, 5.41) is 0.754. The number of anilines is 1. The van der Waals surface area contributed by atoms with Gasteiger partial charge in [0, 0.05) is 25.5 Å². The van der Waals surface area contributed by atoms with E-state index < -0.39 is 0 Å². The number of halogens is 1. The Morgan fingerprint density at radius 2 is 2.07 bits per heavy atom. The van der Waals surface area contributed by atoms with Crippen molar-refractivity contribution in [3.05, 3.63) is 62.8 Å². The summed E-state index contributed by atoms with van der Waals surface area (Å²) in [6, 6.07) is 7.98. The van der Waals surface area contributed by atoms with Crippen molar-refractivity contribution in [2.75, 3.05) is 11.4 Å². The first-order valence-electron chi connectivity index (χ1n) is 8.92. The molecule has 5 nitrogen and oxygen atoms in total. The van der Waals surface area contributed by atoms with E-state index in [1.165, 1.54) is 22.5 Å². The van der Waals surface area contributed by atoms with Crippen LogP contribution in [0, 0.1) is 13.8 Å². The molecule has 0 fully saturated rings. The Hall–Kier alpha value is -2.03. The SMILES string of the molecule is Cc1ccc2sc(N(CCCn3ccnc3)C(=O)c3ccc(Br)s3)nc2c1C. The number of nitrogens with zero attached hydrogens (tertiary/aromatic N) is 4. The lowest BCUT2D eigenvalue weighted by Crippen LogP contribution is -2.31. The highest BCUT2D eigenvalue weighted by molar-refractivity contribution is 9.11. The highest BCUT2D eigenvalue weighted by Crippen LogP contribution is 2.33. The van der Waals surface area contributed by atoms with Crippen molar-refractivity contribution in [2.24, 2.45) is 0 Å². The summed E-state index contributed by atoms with van der Waals surface area (Å²) in [6.07, 6.45) is 6.33. The fourth-order valence-electron chi connectivity index (χ4n) is 3.01. The lowest BCUT2D eigenvalue weighted by Gasteiger charge is -2.19. The Morgan fingerprint density at radius 1 is 1.21 bits per heavy atom. The number of carbonyl (C=O) groups excluding carboxylic acids is 1. The van der Waals surface area contributed by atoms with Crippen molar-refractivity contribution < 1.29 is 4.79 Å². The van der Waals surface area contributed by atoms with Gasteiger partial charge in [0.2, 0.25) is 0 Å². The quantitative estimate of drug-likeness (QED) is 0.361. The zero-order chi connectivity index (χ0) is 19.7. The lowest BCUT2D eigenvalue weighted by atomic mass is 10.1. The van der Waals surface area contributed by atoms with Gasteiger partial charge in [0.05, 0.1) is 25.2 Å². The molecule has 0 aliphatic heterocycles. The van der Waals surface area contributed by atoms with Gasteiger partial charge in [-0.1, -0.05) is 17.4 Å². The topological polar surface area (TPSA) is 51.0 Å². The normalized spacial score (nSPS) is 11.2.